The number of rotatable bonds is 6. The van der Waals surface area contributed by atoms with Gasteiger partial charge in [-0.25, -0.2) is 4.79 Å². The van der Waals surface area contributed by atoms with Crippen molar-refractivity contribution in [1.82, 2.24) is 4.90 Å². The third kappa shape index (κ3) is 4.51. The molecule has 0 amide bonds. The van der Waals surface area contributed by atoms with Crippen molar-refractivity contribution in [3.05, 3.63) is 59.7 Å². The summed E-state index contributed by atoms with van der Waals surface area (Å²) in [4.78, 5) is 15.9. The molecule has 1 aliphatic heterocycles. The highest BCUT2D eigenvalue weighted by Gasteiger charge is 2.17. The summed E-state index contributed by atoms with van der Waals surface area (Å²) in [6.07, 6.45) is 0. The van der Waals surface area contributed by atoms with E-state index in [0.717, 1.165) is 32.7 Å². The summed E-state index contributed by atoms with van der Waals surface area (Å²) in [5, 5.41) is 9.17. The van der Waals surface area contributed by atoms with Crippen LogP contribution >= 0.6 is 0 Å². The lowest BCUT2D eigenvalue weighted by molar-refractivity contribution is 0.0691. The SMILES string of the molecule is Cc1cccc(N2CCN(CCOc3ccccc3C(=O)O)CC2)c1. The molecular formula is C20H24N2O3. The molecule has 0 aliphatic carbocycles. The second kappa shape index (κ2) is 8.03. The molecule has 0 unspecified atom stereocenters. The van der Waals surface area contributed by atoms with Gasteiger partial charge < -0.3 is 14.7 Å². The largest absolute Gasteiger partial charge is 0.491 e. The number of nitrogens with zero attached hydrogens (tertiary/aromatic N) is 2. The maximum atomic E-state index is 11.2. The summed E-state index contributed by atoms with van der Waals surface area (Å²) < 4.78 is 5.69. The van der Waals surface area contributed by atoms with Crippen LogP contribution in [0.25, 0.3) is 0 Å². The van der Waals surface area contributed by atoms with Gasteiger partial charge in [0.25, 0.3) is 0 Å². The summed E-state index contributed by atoms with van der Waals surface area (Å²) in [6.45, 7) is 7.37. The fourth-order valence-corrected chi connectivity index (χ4v) is 3.11. The lowest BCUT2D eigenvalue weighted by Crippen LogP contribution is -2.47. The van der Waals surface area contributed by atoms with Crippen molar-refractivity contribution in [3.63, 3.8) is 0 Å². The molecule has 1 heterocycles. The first-order valence-electron chi connectivity index (χ1n) is 8.62. The Morgan fingerprint density at radius 1 is 1.08 bits per heavy atom. The number of hydrogen-bond donors (Lipinski definition) is 1. The average Bonchev–Trinajstić information content (AvgIpc) is 2.62. The van der Waals surface area contributed by atoms with E-state index in [1.54, 1.807) is 24.3 Å². The summed E-state index contributed by atoms with van der Waals surface area (Å²) in [5.74, 6) is -0.518. The van der Waals surface area contributed by atoms with Gasteiger partial charge in [0.05, 0.1) is 0 Å². The first kappa shape index (κ1) is 17.3. The van der Waals surface area contributed by atoms with Crippen LogP contribution in [-0.4, -0.2) is 55.3 Å². The number of carboxylic acids is 1. The lowest BCUT2D eigenvalue weighted by atomic mass is 10.2. The number of hydrogen-bond acceptors (Lipinski definition) is 4. The van der Waals surface area contributed by atoms with Crippen LogP contribution in [-0.2, 0) is 0 Å². The molecule has 1 fully saturated rings. The normalized spacial score (nSPS) is 15.2. The third-order valence-electron chi connectivity index (χ3n) is 4.52. The molecule has 0 saturated carbocycles. The highest BCUT2D eigenvalue weighted by Crippen LogP contribution is 2.19. The van der Waals surface area contributed by atoms with Gasteiger partial charge >= 0.3 is 5.97 Å². The Bertz CT molecular complexity index is 724. The number of aromatic carboxylic acids is 1. The summed E-state index contributed by atoms with van der Waals surface area (Å²) in [5.41, 5.74) is 2.78. The number of ether oxygens (including phenoxy) is 1. The molecular weight excluding hydrogens is 316 g/mol. The van der Waals surface area contributed by atoms with Crippen LogP contribution in [0, 0.1) is 6.92 Å². The molecule has 3 rings (SSSR count). The maximum Gasteiger partial charge on any atom is 0.339 e. The van der Waals surface area contributed by atoms with Crippen molar-refractivity contribution in [2.24, 2.45) is 0 Å². The number of piperazine rings is 1. The van der Waals surface area contributed by atoms with Gasteiger partial charge in [0.2, 0.25) is 0 Å². The Kier molecular flexibility index (Phi) is 5.56. The topological polar surface area (TPSA) is 53.0 Å². The predicted octanol–water partition coefficient (Wildman–Crippen LogP) is 2.89. The highest BCUT2D eigenvalue weighted by molar-refractivity contribution is 5.90. The van der Waals surface area contributed by atoms with E-state index in [9.17, 15) is 9.90 Å². The molecule has 0 spiro atoms. The second-order valence-electron chi connectivity index (χ2n) is 6.32. The van der Waals surface area contributed by atoms with Gasteiger partial charge in [-0.05, 0) is 36.8 Å². The molecule has 2 aromatic carbocycles. The van der Waals surface area contributed by atoms with Gasteiger partial charge in [-0.3, -0.25) is 4.90 Å². The Labute approximate surface area is 148 Å². The highest BCUT2D eigenvalue weighted by atomic mass is 16.5. The van der Waals surface area contributed by atoms with Crippen molar-refractivity contribution in [3.8, 4) is 5.75 Å². The van der Waals surface area contributed by atoms with Crippen molar-refractivity contribution < 1.29 is 14.6 Å². The van der Waals surface area contributed by atoms with E-state index in [1.807, 2.05) is 0 Å². The minimum atomic E-state index is -0.956. The summed E-state index contributed by atoms with van der Waals surface area (Å²) in [7, 11) is 0. The Morgan fingerprint density at radius 3 is 2.56 bits per heavy atom. The van der Waals surface area contributed by atoms with E-state index in [0.29, 0.717) is 12.4 Å². The molecule has 5 nitrogen and oxygen atoms in total. The Hall–Kier alpha value is -2.53. The fourth-order valence-electron chi connectivity index (χ4n) is 3.11. The molecule has 25 heavy (non-hydrogen) atoms. The molecule has 5 heteroatoms. The number of carboxylic acid groups (broad SMARTS) is 1. The van der Waals surface area contributed by atoms with E-state index >= 15 is 0 Å². The predicted molar refractivity (Wildman–Crippen MR) is 98.7 cm³/mol. The lowest BCUT2D eigenvalue weighted by Gasteiger charge is -2.36. The standard InChI is InChI=1S/C20H24N2O3/c1-16-5-4-6-17(15-16)22-11-9-21(10-12-22)13-14-25-19-8-3-2-7-18(19)20(23)24/h2-8,15H,9-14H2,1H3,(H,23,24). The molecule has 1 saturated heterocycles. The third-order valence-corrected chi connectivity index (χ3v) is 4.52. The number of para-hydroxylation sites is 1. The average molecular weight is 340 g/mol. The number of anilines is 1. The van der Waals surface area contributed by atoms with Gasteiger partial charge in [-0.15, -0.1) is 0 Å². The smallest absolute Gasteiger partial charge is 0.339 e. The minimum Gasteiger partial charge on any atom is -0.491 e. The van der Waals surface area contributed by atoms with Crippen LogP contribution in [0.1, 0.15) is 15.9 Å². The molecule has 1 N–H and O–H groups in total. The van der Waals surface area contributed by atoms with Crippen LogP contribution < -0.4 is 9.64 Å². The van der Waals surface area contributed by atoms with Gasteiger partial charge in [-0.1, -0.05) is 24.3 Å². The summed E-state index contributed by atoms with van der Waals surface area (Å²) in [6, 6.07) is 15.4. The van der Waals surface area contributed by atoms with E-state index in [2.05, 4.69) is 41.0 Å². The minimum absolute atomic E-state index is 0.215. The molecule has 0 aromatic heterocycles. The molecule has 0 atom stereocenters. The zero-order chi connectivity index (χ0) is 17.6. The first-order chi connectivity index (χ1) is 12.1. The van der Waals surface area contributed by atoms with Crippen LogP contribution in [0.15, 0.2) is 48.5 Å². The van der Waals surface area contributed by atoms with Crippen molar-refractivity contribution in [2.45, 2.75) is 6.92 Å². The van der Waals surface area contributed by atoms with Gasteiger partial charge in [0.15, 0.2) is 0 Å². The molecule has 2 aromatic rings. The summed E-state index contributed by atoms with van der Waals surface area (Å²) >= 11 is 0. The second-order valence-corrected chi connectivity index (χ2v) is 6.32. The zero-order valence-corrected chi connectivity index (χ0v) is 14.5. The maximum absolute atomic E-state index is 11.2. The zero-order valence-electron chi connectivity index (χ0n) is 14.5. The van der Waals surface area contributed by atoms with Gasteiger partial charge in [-0.2, -0.15) is 0 Å². The monoisotopic (exact) mass is 340 g/mol. The van der Waals surface area contributed by atoms with Crippen LogP contribution in [0.2, 0.25) is 0 Å². The van der Waals surface area contributed by atoms with Gasteiger partial charge in [0.1, 0.15) is 17.9 Å². The molecule has 0 radical (unpaired) electrons. The van der Waals surface area contributed by atoms with Crippen molar-refractivity contribution >= 4 is 11.7 Å². The van der Waals surface area contributed by atoms with Crippen molar-refractivity contribution in [2.75, 3.05) is 44.2 Å². The van der Waals surface area contributed by atoms with Crippen LogP contribution in [0.5, 0.6) is 5.75 Å². The molecule has 0 bridgehead atoms. The van der Waals surface area contributed by atoms with Crippen LogP contribution in [0.3, 0.4) is 0 Å². The fraction of sp³-hybridized carbons (Fsp3) is 0.350. The quantitative estimate of drug-likeness (QED) is 0.876. The van der Waals surface area contributed by atoms with Crippen LogP contribution in [0.4, 0.5) is 5.69 Å². The van der Waals surface area contributed by atoms with E-state index in [-0.39, 0.29) is 5.56 Å². The van der Waals surface area contributed by atoms with E-state index < -0.39 is 5.97 Å². The van der Waals surface area contributed by atoms with Gasteiger partial charge in [0, 0.05) is 38.4 Å². The molecule has 1 aliphatic rings. The van der Waals surface area contributed by atoms with E-state index in [1.165, 1.54) is 11.3 Å². The Balaban J connectivity index is 1.46. The first-order valence-corrected chi connectivity index (χ1v) is 8.62. The number of aryl methyl sites for hydroxylation is 1. The Morgan fingerprint density at radius 2 is 1.84 bits per heavy atom. The molecule has 132 valence electrons. The number of benzene rings is 2. The number of carbonyl (C=O) groups is 1. The van der Waals surface area contributed by atoms with Crippen molar-refractivity contribution in [1.29, 1.82) is 0 Å². The van der Waals surface area contributed by atoms with E-state index in [4.69, 9.17) is 4.74 Å².